The number of nitrogens with zero attached hydrogens (tertiary/aromatic N) is 1. The van der Waals surface area contributed by atoms with Gasteiger partial charge in [0.2, 0.25) is 0 Å². The standard InChI is InChI=1S/C14H14FNO2S2/c1-18-14(17)6-5-11-8-20-13(16-11)9-19-12-4-2-3-10(15)7-12/h2-4,7-8H,5-6,9H2,1H3. The maximum atomic E-state index is 13.0. The number of methoxy groups -OCH3 is 1. The molecule has 0 radical (unpaired) electrons. The van der Waals surface area contributed by atoms with E-state index in [1.54, 1.807) is 29.2 Å². The number of hydrogen-bond donors (Lipinski definition) is 0. The van der Waals surface area contributed by atoms with Crippen LogP contribution in [0.1, 0.15) is 17.1 Å². The molecule has 0 atom stereocenters. The number of hydrogen-bond acceptors (Lipinski definition) is 5. The van der Waals surface area contributed by atoms with Gasteiger partial charge in [-0.05, 0) is 18.2 Å². The minimum atomic E-state index is -0.229. The molecule has 0 amide bonds. The first-order chi connectivity index (χ1) is 9.67. The second-order valence-corrected chi connectivity index (χ2v) is 6.05. The molecule has 0 aliphatic carbocycles. The smallest absolute Gasteiger partial charge is 0.305 e. The summed E-state index contributed by atoms with van der Waals surface area (Å²) < 4.78 is 17.6. The van der Waals surface area contributed by atoms with Crippen LogP contribution < -0.4 is 0 Å². The summed E-state index contributed by atoms with van der Waals surface area (Å²) in [6.07, 6.45) is 0.935. The molecule has 0 bridgehead atoms. The maximum Gasteiger partial charge on any atom is 0.305 e. The Kier molecular flexibility index (Phi) is 5.55. The zero-order valence-electron chi connectivity index (χ0n) is 11.0. The van der Waals surface area contributed by atoms with Crippen molar-refractivity contribution in [3.8, 4) is 0 Å². The van der Waals surface area contributed by atoms with Crippen molar-refractivity contribution in [3.05, 3.63) is 46.2 Å². The second-order valence-electron chi connectivity index (χ2n) is 4.05. The Morgan fingerprint density at radius 1 is 1.50 bits per heavy atom. The number of esters is 1. The molecule has 0 fully saturated rings. The summed E-state index contributed by atoms with van der Waals surface area (Å²) in [7, 11) is 1.38. The number of thioether (sulfide) groups is 1. The molecule has 3 nitrogen and oxygen atoms in total. The Morgan fingerprint density at radius 3 is 3.10 bits per heavy atom. The Bertz CT molecular complexity index is 586. The molecule has 0 spiro atoms. The van der Waals surface area contributed by atoms with Gasteiger partial charge in [0.1, 0.15) is 10.8 Å². The fourth-order valence-electron chi connectivity index (χ4n) is 1.56. The van der Waals surface area contributed by atoms with Gasteiger partial charge in [0, 0.05) is 16.7 Å². The minimum absolute atomic E-state index is 0.228. The van der Waals surface area contributed by atoms with Crippen LogP contribution in [0.2, 0.25) is 0 Å². The Labute approximate surface area is 125 Å². The number of halogens is 1. The van der Waals surface area contributed by atoms with Crippen LogP contribution in [0.25, 0.3) is 0 Å². The number of benzene rings is 1. The van der Waals surface area contributed by atoms with Crippen molar-refractivity contribution < 1.29 is 13.9 Å². The molecule has 20 heavy (non-hydrogen) atoms. The molecule has 0 aliphatic heterocycles. The van der Waals surface area contributed by atoms with E-state index in [-0.39, 0.29) is 11.8 Å². The summed E-state index contributed by atoms with van der Waals surface area (Å²) in [6, 6.07) is 6.51. The van der Waals surface area contributed by atoms with Gasteiger partial charge < -0.3 is 4.74 Å². The van der Waals surface area contributed by atoms with Crippen LogP contribution in [0, 0.1) is 5.82 Å². The average molecular weight is 311 g/mol. The molecule has 0 aliphatic rings. The van der Waals surface area contributed by atoms with E-state index in [2.05, 4.69) is 9.72 Å². The summed E-state index contributed by atoms with van der Waals surface area (Å²) in [5.41, 5.74) is 0.898. The first-order valence-electron chi connectivity index (χ1n) is 6.06. The van der Waals surface area contributed by atoms with Gasteiger partial charge in [-0.15, -0.1) is 23.1 Å². The zero-order chi connectivity index (χ0) is 14.4. The number of aromatic nitrogens is 1. The molecule has 0 saturated heterocycles. The summed E-state index contributed by atoms with van der Waals surface area (Å²) in [6.45, 7) is 0. The van der Waals surface area contributed by atoms with E-state index in [0.29, 0.717) is 18.6 Å². The van der Waals surface area contributed by atoms with Gasteiger partial charge in [-0.3, -0.25) is 4.79 Å². The first-order valence-corrected chi connectivity index (χ1v) is 7.92. The number of carbonyl (C=O) groups is 1. The lowest BCUT2D eigenvalue weighted by Crippen LogP contribution is -2.02. The summed E-state index contributed by atoms with van der Waals surface area (Å²) >= 11 is 3.10. The van der Waals surface area contributed by atoms with Crippen molar-refractivity contribution in [2.75, 3.05) is 7.11 Å². The highest BCUT2D eigenvalue weighted by atomic mass is 32.2. The molecule has 106 valence electrons. The fraction of sp³-hybridized carbons (Fsp3) is 0.286. The monoisotopic (exact) mass is 311 g/mol. The van der Waals surface area contributed by atoms with Crippen LogP contribution in [0.3, 0.4) is 0 Å². The normalized spacial score (nSPS) is 10.5. The van der Waals surface area contributed by atoms with Crippen molar-refractivity contribution in [1.82, 2.24) is 4.98 Å². The summed E-state index contributed by atoms with van der Waals surface area (Å²) in [4.78, 5) is 16.4. The molecule has 0 saturated carbocycles. The molecule has 0 unspecified atom stereocenters. The van der Waals surface area contributed by atoms with Gasteiger partial charge in [0.25, 0.3) is 0 Å². The van der Waals surface area contributed by atoms with Crippen LogP contribution in [-0.4, -0.2) is 18.1 Å². The third-order valence-electron chi connectivity index (χ3n) is 2.57. The van der Waals surface area contributed by atoms with E-state index in [1.807, 2.05) is 11.4 Å². The summed E-state index contributed by atoms with van der Waals surface area (Å²) in [5, 5.41) is 2.92. The number of aryl methyl sites for hydroxylation is 1. The van der Waals surface area contributed by atoms with Crippen LogP contribution >= 0.6 is 23.1 Å². The predicted octanol–water partition coefficient (Wildman–Crippen LogP) is 3.68. The van der Waals surface area contributed by atoms with Crippen molar-refractivity contribution in [3.63, 3.8) is 0 Å². The molecule has 1 heterocycles. The SMILES string of the molecule is COC(=O)CCc1csc(CSc2cccc(F)c2)n1. The largest absolute Gasteiger partial charge is 0.469 e. The summed E-state index contributed by atoms with van der Waals surface area (Å²) in [5.74, 6) is 0.244. The van der Waals surface area contributed by atoms with Gasteiger partial charge in [-0.25, -0.2) is 9.37 Å². The second kappa shape index (κ2) is 7.40. The number of rotatable bonds is 6. The number of thiazole rings is 1. The number of ether oxygens (including phenoxy) is 1. The maximum absolute atomic E-state index is 13.0. The highest BCUT2D eigenvalue weighted by Crippen LogP contribution is 2.25. The van der Waals surface area contributed by atoms with E-state index in [9.17, 15) is 9.18 Å². The molecule has 6 heteroatoms. The van der Waals surface area contributed by atoms with E-state index < -0.39 is 0 Å². The highest BCUT2D eigenvalue weighted by molar-refractivity contribution is 7.98. The van der Waals surface area contributed by atoms with Gasteiger partial charge in [0.05, 0.1) is 25.0 Å². The van der Waals surface area contributed by atoms with E-state index in [4.69, 9.17) is 0 Å². The Hall–Kier alpha value is -1.40. The molecule has 2 rings (SSSR count). The van der Waals surface area contributed by atoms with Crippen molar-refractivity contribution in [1.29, 1.82) is 0 Å². The highest BCUT2D eigenvalue weighted by Gasteiger charge is 2.06. The quantitative estimate of drug-likeness (QED) is 0.602. The lowest BCUT2D eigenvalue weighted by molar-refractivity contribution is -0.140. The molecule has 1 aromatic carbocycles. The van der Waals surface area contributed by atoms with Gasteiger partial charge in [-0.1, -0.05) is 6.07 Å². The van der Waals surface area contributed by atoms with Crippen molar-refractivity contribution >= 4 is 29.1 Å². The van der Waals surface area contributed by atoms with Crippen LogP contribution in [-0.2, 0) is 21.7 Å². The third-order valence-corrected chi connectivity index (χ3v) is 4.66. The molecule has 0 N–H and O–H groups in total. The van der Waals surface area contributed by atoms with Crippen molar-refractivity contribution in [2.24, 2.45) is 0 Å². The van der Waals surface area contributed by atoms with Gasteiger partial charge in [-0.2, -0.15) is 0 Å². The lowest BCUT2D eigenvalue weighted by Gasteiger charge is -1.99. The zero-order valence-corrected chi connectivity index (χ0v) is 12.6. The van der Waals surface area contributed by atoms with Crippen LogP contribution in [0.15, 0.2) is 34.5 Å². The topological polar surface area (TPSA) is 39.2 Å². The Balaban J connectivity index is 1.85. The first kappa shape index (κ1) is 15.0. The minimum Gasteiger partial charge on any atom is -0.469 e. The van der Waals surface area contributed by atoms with Gasteiger partial charge in [0.15, 0.2) is 0 Å². The van der Waals surface area contributed by atoms with E-state index in [0.717, 1.165) is 15.6 Å². The van der Waals surface area contributed by atoms with Crippen LogP contribution in [0.5, 0.6) is 0 Å². The van der Waals surface area contributed by atoms with E-state index >= 15 is 0 Å². The van der Waals surface area contributed by atoms with Gasteiger partial charge >= 0.3 is 5.97 Å². The average Bonchev–Trinajstić information content (AvgIpc) is 2.90. The molecular weight excluding hydrogens is 297 g/mol. The predicted molar refractivity (Wildman–Crippen MR) is 78.4 cm³/mol. The van der Waals surface area contributed by atoms with Crippen molar-refractivity contribution in [2.45, 2.75) is 23.5 Å². The molecule has 2 aromatic rings. The molecule has 1 aromatic heterocycles. The third kappa shape index (κ3) is 4.61. The van der Waals surface area contributed by atoms with E-state index in [1.165, 1.54) is 19.2 Å². The van der Waals surface area contributed by atoms with Crippen LogP contribution in [0.4, 0.5) is 4.39 Å². The fourth-order valence-corrected chi connectivity index (χ4v) is 3.35. The molecular formula is C14H14FNO2S2. The Morgan fingerprint density at radius 2 is 2.35 bits per heavy atom. The number of carbonyl (C=O) groups excluding carboxylic acids is 1. The lowest BCUT2D eigenvalue weighted by atomic mass is 10.2.